The van der Waals surface area contributed by atoms with Crippen molar-refractivity contribution in [1.82, 2.24) is 5.01 Å². The molecule has 28 heavy (non-hydrogen) atoms. The van der Waals surface area contributed by atoms with E-state index in [4.69, 9.17) is 21.4 Å². The van der Waals surface area contributed by atoms with Crippen molar-refractivity contribution in [3.05, 3.63) is 98.7 Å². The first-order valence-electron chi connectivity index (χ1n) is 8.93. The molecule has 3 aromatic carbocycles. The van der Waals surface area contributed by atoms with Gasteiger partial charge in [0.15, 0.2) is 0 Å². The Kier molecular flexibility index (Phi) is 4.37. The summed E-state index contributed by atoms with van der Waals surface area (Å²) in [5.74, 6) is 0.336. The second-order valence-corrected chi connectivity index (χ2v) is 8.12. The summed E-state index contributed by atoms with van der Waals surface area (Å²) in [5, 5.41) is 7.00. The molecular weight excluding hydrogens is 443 g/mol. The lowest BCUT2D eigenvalue weighted by Gasteiger charge is -2.38. The summed E-state index contributed by atoms with van der Waals surface area (Å²) in [4.78, 5) is 0. The SMILES string of the molecule is Fc1cccc(Cl)c1[C@H]1Oc2ccccc2[C@H]2CC(c3ccc(Br)cc3)=NN21. The van der Waals surface area contributed by atoms with E-state index in [2.05, 4.69) is 15.9 Å². The fourth-order valence-corrected chi connectivity index (χ4v) is 4.31. The van der Waals surface area contributed by atoms with Gasteiger partial charge in [-0.25, -0.2) is 9.40 Å². The average molecular weight is 458 g/mol. The third-order valence-electron chi connectivity index (χ3n) is 5.12. The van der Waals surface area contributed by atoms with Crippen LogP contribution in [0.15, 0.2) is 76.3 Å². The van der Waals surface area contributed by atoms with Gasteiger partial charge in [0, 0.05) is 16.5 Å². The average Bonchev–Trinajstić information content (AvgIpc) is 3.14. The third-order valence-corrected chi connectivity index (χ3v) is 5.98. The van der Waals surface area contributed by atoms with Crippen molar-refractivity contribution < 1.29 is 9.13 Å². The zero-order valence-corrected chi connectivity index (χ0v) is 17.0. The van der Waals surface area contributed by atoms with E-state index >= 15 is 0 Å². The van der Waals surface area contributed by atoms with Crippen molar-refractivity contribution in [3.63, 3.8) is 0 Å². The largest absolute Gasteiger partial charge is 0.464 e. The van der Waals surface area contributed by atoms with Crippen LogP contribution in [-0.4, -0.2) is 10.7 Å². The molecular formula is C22H15BrClFN2O. The second-order valence-electron chi connectivity index (χ2n) is 6.80. The molecule has 2 aliphatic rings. The minimum atomic E-state index is -0.721. The van der Waals surface area contributed by atoms with E-state index in [1.807, 2.05) is 53.5 Å². The molecule has 0 aromatic heterocycles. The minimum absolute atomic E-state index is 0.0377. The summed E-state index contributed by atoms with van der Waals surface area (Å²) in [6.45, 7) is 0. The molecule has 0 amide bonds. The van der Waals surface area contributed by atoms with Crippen molar-refractivity contribution in [2.45, 2.75) is 18.7 Å². The molecule has 6 heteroatoms. The van der Waals surface area contributed by atoms with Crippen LogP contribution < -0.4 is 4.74 Å². The van der Waals surface area contributed by atoms with Crippen LogP contribution in [0.4, 0.5) is 4.39 Å². The molecule has 2 atom stereocenters. The van der Waals surface area contributed by atoms with Gasteiger partial charge in [0.2, 0.25) is 6.23 Å². The number of para-hydroxylation sites is 1. The molecule has 140 valence electrons. The van der Waals surface area contributed by atoms with E-state index in [1.165, 1.54) is 6.07 Å². The summed E-state index contributed by atoms with van der Waals surface area (Å²) in [5.41, 5.74) is 3.33. The molecule has 2 aliphatic heterocycles. The molecule has 0 bridgehead atoms. The van der Waals surface area contributed by atoms with Gasteiger partial charge in [-0.2, -0.15) is 5.10 Å². The number of rotatable bonds is 2. The Hall–Kier alpha value is -2.37. The fourth-order valence-electron chi connectivity index (χ4n) is 3.79. The minimum Gasteiger partial charge on any atom is -0.464 e. The van der Waals surface area contributed by atoms with Crippen LogP contribution in [0.2, 0.25) is 5.02 Å². The predicted molar refractivity (Wildman–Crippen MR) is 111 cm³/mol. The van der Waals surface area contributed by atoms with Crippen molar-refractivity contribution in [1.29, 1.82) is 0 Å². The van der Waals surface area contributed by atoms with E-state index in [0.717, 1.165) is 27.1 Å². The maximum atomic E-state index is 14.7. The molecule has 3 aromatic rings. The van der Waals surface area contributed by atoms with Crippen LogP contribution in [0.1, 0.15) is 35.4 Å². The molecule has 5 rings (SSSR count). The number of halogens is 3. The van der Waals surface area contributed by atoms with Crippen LogP contribution in [0.5, 0.6) is 5.75 Å². The first-order chi connectivity index (χ1) is 13.6. The van der Waals surface area contributed by atoms with E-state index in [0.29, 0.717) is 17.0 Å². The summed E-state index contributed by atoms with van der Waals surface area (Å²) in [6, 6.07) is 20.5. The van der Waals surface area contributed by atoms with Gasteiger partial charge in [0.1, 0.15) is 11.6 Å². The Bertz CT molecular complexity index is 1070. The van der Waals surface area contributed by atoms with Crippen molar-refractivity contribution in [2.24, 2.45) is 5.10 Å². The van der Waals surface area contributed by atoms with Crippen LogP contribution in [0.25, 0.3) is 0 Å². The first-order valence-corrected chi connectivity index (χ1v) is 10.1. The summed E-state index contributed by atoms with van der Waals surface area (Å²) < 4.78 is 21.9. The van der Waals surface area contributed by atoms with Crippen molar-refractivity contribution in [2.75, 3.05) is 0 Å². The Morgan fingerprint density at radius 1 is 1.04 bits per heavy atom. The highest BCUT2D eigenvalue weighted by atomic mass is 79.9. The molecule has 0 aliphatic carbocycles. The summed E-state index contributed by atoms with van der Waals surface area (Å²) >= 11 is 9.82. The highest BCUT2D eigenvalue weighted by Crippen LogP contribution is 2.48. The molecule has 3 nitrogen and oxygen atoms in total. The number of benzene rings is 3. The molecule has 0 N–H and O–H groups in total. The molecule has 2 heterocycles. The van der Waals surface area contributed by atoms with Crippen LogP contribution >= 0.6 is 27.5 Å². The van der Waals surface area contributed by atoms with Crippen LogP contribution in [0.3, 0.4) is 0 Å². The molecule has 0 saturated carbocycles. The molecule has 0 saturated heterocycles. The second kappa shape index (κ2) is 6.90. The Balaban J connectivity index is 1.63. The fraction of sp³-hybridized carbons (Fsp3) is 0.136. The molecule has 0 unspecified atom stereocenters. The molecule has 0 spiro atoms. The number of ether oxygens (including phenoxy) is 1. The van der Waals surface area contributed by atoms with Crippen molar-refractivity contribution >= 4 is 33.2 Å². The smallest absolute Gasteiger partial charge is 0.218 e. The van der Waals surface area contributed by atoms with Crippen LogP contribution in [0, 0.1) is 5.82 Å². The van der Waals surface area contributed by atoms with E-state index < -0.39 is 12.0 Å². The normalized spacial score (nSPS) is 20.2. The lowest BCUT2D eigenvalue weighted by Crippen LogP contribution is -2.34. The van der Waals surface area contributed by atoms with E-state index in [9.17, 15) is 4.39 Å². The summed E-state index contributed by atoms with van der Waals surface area (Å²) in [6.07, 6.45) is -0.00791. The van der Waals surface area contributed by atoms with Crippen molar-refractivity contribution in [3.8, 4) is 5.75 Å². The number of nitrogens with zero attached hydrogens (tertiary/aromatic N) is 2. The van der Waals surface area contributed by atoms with E-state index in [-0.39, 0.29) is 6.04 Å². The van der Waals surface area contributed by atoms with Gasteiger partial charge >= 0.3 is 0 Å². The Labute approximate surface area is 175 Å². The Morgan fingerprint density at radius 3 is 2.61 bits per heavy atom. The number of hydrogen-bond acceptors (Lipinski definition) is 3. The summed E-state index contributed by atoms with van der Waals surface area (Å²) in [7, 11) is 0. The quantitative estimate of drug-likeness (QED) is 0.440. The Morgan fingerprint density at radius 2 is 1.82 bits per heavy atom. The number of hydrazone groups is 1. The maximum Gasteiger partial charge on any atom is 0.218 e. The van der Waals surface area contributed by atoms with Gasteiger partial charge in [-0.05, 0) is 35.9 Å². The topological polar surface area (TPSA) is 24.8 Å². The lowest BCUT2D eigenvalue weighted by atomic mass is 9.96. The molecule has 0 fully saturated rings. The monoisotopic (exact) mass is 456 g/mol. The zero-order valence-electron chi connectivity index (χ0n) is 14.6. The standard InChI is InChI=1S/C22H15BrClFN2O/c23-14-10-8-13(9-11-14)18-12-19-15-4-1-2-7-20(15)28-22(27(19)26-18)21-16(24)5-3-6-17(21)25/h1-11,19,22H,12H2/t19-,22-/m1/s1. The predicted octanol–water partition coefficient (Wildman–Crippen LogP) is 6.48. The van der Waals surface area contributed by atoms with E-state index in [1.54, 1.807) is 12.1 Å². The van der Waals surface area contributed by atoms with Gasteiger partial charge in [0.25, 0.3) is 0 Å². The highest BCUT2D eigenvalue weighted by Gasteiger charge is 2.42. The van der Waals surface area contributed by atoms with Gasteiger partial charge in [-0.3, -0.25) is 0 Å². The lowest BCUT2D eigenvalue weighted by molar-refractivity contribution is -0.0211. The highest BCUT2D eigenvalue weighted by molar-refractivity contribution is 9.10. The number of fused-ring (bicyclic) bond motifs is 3. The van der Waals surface area contributed by atoms with Gasteiger partial charge in [-0.1, -0.05) is 63.9 Å². The first kappa shape index (κ1) is 17.7. The van der Waals surface area contributed by atoms with Gasteiger partial charge in [0.05, 0.1) is 22.3 Å². The number of hydrogen-bond donors (Lipinski definition) is 0. The van der Waals surface area contributed by atoms with Gasteiger partial charge in [-0.15, -0.1) is 0 Å². The molecule has 0 radical (unpaired) electrons. The van der Waals surface area contributed by atoms with Gasteiger partial charge < -0.3 is 4.74 Å². The third kappa shape index (κ3) is 2.90. The maximum absolute atomic E-state index is 14.7. The zero-order chi connectivity index (χ0) is 19.3. The van der Waals surface area contributed by atoms with Crippen LogP contribution in [-0.2, 0) is 0 Å².